The number of hydrogen-bond acceptors (Lipinski definition) is 37. The van der Waals surface area contributed by atoms with Crippen LogP contribution in [0.1, 0.15) is 208 Å². The number of aryl methyl sites for hydroxylation is 1. The molecular weight excluding hydrogens is 1720 g/mol. The first-order chi connectivity index (χ1) is 60.8. The molecule has 7 aliphatic heterocycles. The fourth-order valence-corrected chi connectivity index (χ4v) is 15.3. The van der Waals surface area contributed by atoms with Crippen LogP contribution in [0.5, 0.6) is 0 Å². The minimum absolute atomic E-state index is 0.0305. The Morgan fingerprint density at radius 1 is 0.419 bits per heavy atom. The summed E-state index contributed by atoms with van der Waals surface area (Å²) >= 11 is 0. The van der Waals surface area contributed by atoms with E-state index in [0.29, 0.717) is 36.9 Å². The first-order valence-electron chi connectivity index (χ1n) is 43.9. The summed E-state index contributed by atoms with van der Waals surface area (Å²) < 4.78 is 144. The van der Waals surface area contributed by atoms with E-state index in [0.717, 1.165) is 44.1 Å². The molecule has 129 heavy (non-hydrogen) atoms. The predicted molar refractivity (Wildman–Crippen MR) is 464 cm³/mol. The zero-order chi connectivity index (χ0) is 97.5. The lowest BCUT2D eigenvalue weighted by Gasteiger charge is -2.24. The molecule has 0 amide bonds. The normalized spacial score (nSPS) is 30.3. The van der Waals surface area contributed by atoms with Crippen LogP contribution in [0.15, 0.2) is 71.1 Å². The van der Waals surface area contributed by atoms with Crippen LogP contribution >= 0.6 is 0 Å². The Morgan fingerprint density at radius 2 is 0.760 bits per heavy atom. The Kier molecular flexibility index (Phi) is 56.5. The number of aliphatic hydroxyl groups excluding tert-OH is 4. The molecule has 0 unspecified atom stereocenters. The topological polar surface area (TPSA) is 503 Å². The highest BCUT2D eigenvalue weighted by atomic mass is 32.2. The van der Waals surface area contributed by atoms with Gasteiger partial charge in [0.2, 0.25) is 0 Å². The van der Waals surface area contributed by atoms with Gasteiger partial charge in [0.05, 0.1) is 72.4 Å². The molecule has 40 heteroatoms. The molecule has 7 saturated heterocycles. The summed E-state index contributed by atoms with van der Waals surface area (Å²) in [5, 5.41) is 40.3. The molecule has 0 spiro atoms. The smallest absolute Gasteiger partial charge is 0.303 e. The molecule has 0 bridgehead atoms. The van der Waals surface area contributed by atoms with Crippen molar-refractivity contribution in [2.75, 3.05) is 73.2 Å². The van der Waals surface area contributed by atoms with Crippen molar-refractivity contribution in [1.29, 1.82) is 0 Å². The van der Waals surface area contributed by atoms with Crippen LogP contribution in [0.4, 0.5) is 0 Å². The van der Waals surface area contributed by atoms with Gasteiger partial charge in [0.25, 0.3) is 10.1 Å². The van der Waals surface area contributed by atoms with Crippen LogP contribution in [0, 0.1) is 6.92 Å². The average Bonchev–Trinajstić information content (AvgIpc) is 1.67. The first-order valence-corrected chi connectivity index (χ1v) is 45.3. The number of ether oxygens (including phenoxy) is 21. The average molecular weight is 1870 g/mol. The lowest BCUT2D eigenvalue weighted by Crippen LogP contribution is -2.40. The lowest BCUT2D eigenvalue weighted by molar-refractivity contribution is -0.156. The molecule has 0 saturated carbocycles. The van der Waals surface area contributed by atoms with Crippen LogP contribution in [0.3, 0.4) is 0 Å². The second-order valence-electron chi connectivity index (χ2n) is 32.0. The monoisotopic (exact) mass is 1870 g/mol. The number of methoxy groups -OCH3 is 1. The largest absolute Gasteiger partial charge is 0.492 e. The third-order valence-electron chi connectivity index (χ3n) is 20.5. The molecule has 7 aliphatic rings. The van der Waals surface area contributed by atoms with Crippen LogP contribution in [0.25, 0.3) is 10.4 Å². The number of allylic oxidation sites excluding steroid dienone is 2. The summed E-state index contributed by atoms with van der Waals surface area (Å²) in [5.41, 5.74) is 10.1. The van der Waals surface area contributed by atoms with Gasteiger partial charge in [-0.3, -0.25) is 42.5 Å². The number of unbranched alkanes of at least 4 members (excludes halogenated alkanes) is 7. The predicted octanol–water partition coefficient (Wildman–Crippen LogP) is 9.02. The van der Waals surface area contributed by atoms with Crippen LogP contribution < -0.4 is 0 Å². The Hall–Kier alpha value is -7.58. The Morgan fingerprint density at radius 3 is 1.12 bits per heavy atom. The number of aliphatic hydroxyl groups is 4. The van der Waals surface area contributed by atoms with E-state index in [9.17, 15) is 57.0 Å². The molecule has 1 aromatic rings. The van der Waals surface area contributed by atoms with Crippen molar-refractivity contribution in [2.45, 2.75) is 379 Å². The number of azide groups is 1. The molecule has 7 fully saturated rings. The molecule has 0 aliphatic carbocycles. The summed E-state index contributed by atoms with van der Waals surface area (Å²) in [6.07, 6.45) is -0.680. The quantitative estimate of drug-likeness (QED) is 0.00547. The number of rotatable bonds is 40. The van der Waals surface area contributed by atoms with Gasteiger partial charge in [0.15, 0.2) is 24.4 Å². The number of hydrogen-bond donors (Lipinski definition) is 4. The van der Waals surface area contributed by atoms with E-state index in [4.69, 9.17) is 119 Å². The first kappa shape index (κ1) is 117. The van der Waals surface area contributed by atoms with E-state index in [1.54, 1.807) is 60.6 Å². The molecule has 27 atom stereocenters. The van der Waals surface area contributed by atoms with Crippen molar-refractivity contribution >= 4 is 57.9 Å². The molecule has 7 heterocycles. The van der Waals surface area contributed by atoms with Crippen molar-refractivity contribution in [3.05, 3.63) is 77.1 Å². The number of esters is 8. The Bertz CT molecular complexity index is 3700. The molecule has 4 N–H and O–H groups in total. The summed E-state index contributed by atoms with van der Waals surface area (Å²) in [5.74, 6) is -2.23. The highest BCUT2D eigenvalue weighted by Gasteiger charge is 2.52. The van der Waals surface area contributed by atoms with Crippen LogP contribution in [-0.2, 0) is 152 Å². The van der Waals surface area contributed by atoms with Gasteiger partial charge in [0, 0.05) is 87.2 Å². The SMILES string of the molecule is C=C(C)O[C@@H]1[C@@H](OS(=O)(=O)c2ccc(C)cc2)[C@@H](COC(C)=O)O[C@H]1C.C=C(C)O[C@@H]1[C@H](N=[N+]=[N-])[C@@H](COC(C)=O)O[C@H]1C.C=C1[C@@H](O)[C@H](C)O[C@@H]1CO.CCCCCCCCO[C@@H]1[C@@H](OC(C)=O)[C@H](C)O[C@@H]1COC(C)=O.CCCCO[C@@H]1[C@@H](O)[C@@H](C)O[C@@H]1CO.CCCCO[C@@H]1[C@@H](OC(C)=O)[C@H](C)O[C@@H]1COC(C)=O.CO[C@@H]1[C@@H](OC(C)=O)[C@H](C)O[C@@H]1COC(C)=O. The Balaban J connectivity index is 0.000000517. The van der Waals surface area contributed by atoms with E-state index in [-0.39, 0.29) is 142 Å². The summed E-state index contributed by atoms with van der Waals surface area (Å²) in [4.78, 5) is 90.8. The van der Waals surface area contributed by atoms with Gasteiger partial charge in [-0.05, 0) is 112 Å². The highest BCUT2D eigenvalue weighted by molar-refractivity contribution is 7.86. The highest BCUT2D eigenvalue weighted by Crippen LogP contribution is 2.35. The maximum atomic E-state index is 12.7. The third-order valence-corrected chi connectivity index (χ3v) is 21.9. The van der Waals surface area contributed by atoms with Crippen molar-refractivity contribution in [3.8, 4) is 0 Å². The minimum atomic E-state index is -4.05. The van der Waals surface area contributed by atoms with E-state index >= 15 is 0 Å². The number of carbonyl (C=O) groups excluding carboxylic acids is 8. The maximum absolute atomic E-state index is 12.7. The fourth-order valence-electron chi connectivity index (χ4n) is 14.2. The van der Waals surface area contributed by atoms with Gasteiger partial charge < -0.3 is 120 Å². The molecule has 39 nitrogen and oxygen atoms in total. The van der Waals surface area contributed by atoms with E-state index in [1.807, 2.05) is 20.8 Å². The van der Waals surface area contributed by atoms with Gasteiger partial charge in [-0.15, -0.1) is 0 Å². The van der Waals surface area contributed by atoms with E-state index in [1.165, 1.54) is 100 Å². The summed E-state index contributed by atoms with van der Waals surface area (Å²) in [6.45, 7) is 47.4. The lowest BCUT2D eigenvalue weighted by atomic mass is 10.1. The molecule has 0 aromatic heterocycles. The number of nitrogens with zero attached hydrogens (tertiary/aromatic N) is 3. The van der Waals surface area contributed by atoms with Gasteiger partial charge >= 0.3 is 47.8 Å². The van der Waals surface area contributed by atoms with Crippen molar-refractivity contribution in [1.82, 2.24) is 0 Å². The molecule has 1 aromatic carbocycles. The molecule has 740 valence electrons. The van der Waals surface area contributed by atoms with Gasteiger partial charge in [0.1, 0.15) is 131 Å². The number of benzene rings is 1. The van der Waals surface area contributed by atoms with E-state index < -0.39 is 132 Å². The standard InChI is InChI=1S/C18H24O7S.C18H32O6.C14H24O6.C11H17N3O4.C11H18O6.C10H20O4.C7H12O3/c1-11(2)23-17-13(4)24-16(10-22-14(5)19)18(17)25-26(20,21)15-8-6-12(3)7-9-15;1-5-6-7-8-9-10-11-21-18-16(12-22-14(3)19)23-13(2)17(18)24-15(4)20;1-5-6-7-17-14-12(8-18-10(3)15)19-9(2)13(14)20-11(4)16;1-6(2)17-11-7(3)18-9(5-16-8(4)15)10(11)13-14-12;1-6-10(17-8(3)13)11(14-4)9(16-6)5-15-7(2)12;1-3-4-5-13-10-8(6-11)14-7(2)9(10)12;1-4-6(3-8)10-5(2)7(4)9/h6-9,13,16-18H,1,10H2,2-5H3;13,16-18H,5-12H2,1-4H3;9,12-14H,5-8H2,1-4H3;7,9-11H,1,5H2,2-4H3;6,9-11H,5H2,1-4H3;7-12H,3-6H2,1-2H3;5-9H,1,3H2,2H3/t2*13-,16+,17-,18-;9-,12+,13-,14-;7-,9+,10+,11-;6-,9+,10-,11-;7-,8-,9+,10+;5-,6+,7+/m0000010/s1. The van der Waals surface area contributed by atoms with Crippen molar-refractivity contribution in [3.63, 3.8) is 0 Å². The summed E-state index contributed by atoms with van der Waals surface area (Å²) in [7, 11) is -2.55. The summed E-state index contributed by atoms with van der Waals surface area (Å²) in [6, 6.07) is 5.77. The Labute approximate surface area is 760 Å². The third kappa shape index (κ3) is 42.9. The zero-order valence-corrected chi connectivity index (χ0v) is 80.1. The van der Waals surface area contributed by atoms with E-state index in [2.05, 4.69) is 50.5 Å². The van der Waals surface area contributed by atoms with Gasteiger partial charge in [-0.2, -0.15) is 8.42 Å². The zero-order valence-electron chi connectivity index (χ0n) is 79.3. The maximum Gasteiger partial charge on any atom is 0.303 e. The number of carbonyl (C=O) groups is 8. The fraction of sp³-hybridized carbons (Fsp3) is 0.775. The second-order valence-corrected chi connectivity index (χ2v) is 33.6. The molecule has 8 rings (SSSR count). The minimum Gasteiger partial charge on any atom is -0.492 e. The molecule has 0 radical (unpaired) electrons. The van der Waals surface area contributed by atoms with Gasteiger partial charge in [-0.1, -0.05) is 108 Å². The van der Waals surface area contributed by atoms with Crippen molar-refractivity contribution in [2.24, 2.45) is 5.11 Å². The van der Waals surface area contributed by atoms with Crippen LogP contribution in [-0.4, -0.2) is 315 Å². The molecular formula is C89H147N3O36S. The van der Waals surface area contributed by atoms with Crippen LogP contribution in [0.2, 0.25) is 0 Å². The second kappa shape index (κ2) is 62.0. The van der Waals surface area contributed by atoms with Gasteiger partial charge in [-0.25, -0.2) is 0 Å². The van der Waals surface area contributed by atoms with Crippen molar-refractivity contribution < 1.29 is 171 Å².